The molecule has 166 valence electrons. The van der Waals surface area contributed by atoms with E-state index < -0.39 is 0 Å². The fourth-order valence-electron chi connectivity index (χ4n) is 3.25. The summed E-state index contributed by atoms with van der Waals surface area (Å²) in [5, 5.41) is 5.44. The second-order valence-corrected chi connectivity index (χ2v) is 9.19. The maximum atomic E-state index is 12.6. The Morgan fingerprint density at radius 3 is 2.29 bits per heavy atom. The number of benzene rings is 3. The molecular formula is C26H19N5OS2. The number of anilines is 1. The van der Waals surface area contributed by atoms with Crippen LogP contribution in [0.25, 0.3) is 21.6 Å². The van der Waals surface area contributed by atoms with E-state index in [-0.39, 0.29) is 11.5 Å². The van der Waals surface area contributed by atoms with E-state index in [0.29, 0.717) is 21.5 Å². The number of fused-ring (bicyclic) bond motifs is 1. The van der Waals surface area contributed by atoms with E-state index in [1.165, 1.54) is 23.1 Å². The Bertz CT molecular complexity index is 1440. The molecule has 0 aliphatic rings. The second-order valence-electron chi connectivity index (χ2n) is 7.25. The van der Waals surface area contributed by atoms with Crippen molar-refractivity contribution in [2.45, 2.75) is 5.16 Å². The summed E-state index contributed by atoms with van der Waals surface area (Å²) >= 11 is 2.76. The number of thioether (sulfide) groups is 1. The monoisotopic (exact) mass is 481 g/mol. The molecule has 8 heteroatoms. The number of hydrazone groups is 1. The van der Waals surface area contributed by atoms with Crippen LogP contribution in [0.4, 0.5) is 5.13 Å². The first-order valence-electron chi connectivity index (χ1n) is 10.6. The van der Waals surface area contributed by atoms with Crippen molar-refractivity contribution in [3.63, 3.8) is 0 Å². The average molecular weight is 482 g/mol. The normalized spacial score (nSPS) is 11.2. The van der Waals surface area contributed by atoms with Gasteiger partial charge in [-0.3, -0.25) is 10.2 Å². The maximum absolute atomic E-state index is 12.6. The first-order valence-corrected chi connectivity index (χ1v) is 12.4. The van der Waals surface area contributed by atoms with Crippen molar-refractivity contribution < 1.29 is 4.79 Å². The molecule has 6 nitrogen and oxygen atoms in total. The highest BCUT2D eigenvalue weighted by Gasteiger charge is 2.16. The zero-order chi connectivity index (χ0) is 23.2. The Balaban J connectivity index is 1.43. The SMILES string of the molecule is O=C(CSc1nc(-c2ccccc2)c2sc(N/N=C/c3ccccc3)nc2n1)c1ccccc1. The van der Waals surface area contributed by atoms with E-state index in [0.717, 1.165) is 21.5 Å². The maximum Gasteiger partial charge on any atom is 0.206 e. The fourth-order valence-corrected chi connectivity index (χ4v) is 4.85. The van der Waals surface area contributed by atoms with Crippen LogP contribution < -0.4 is 5.43 Å². The van der Waals surface area contributed by atoms with Crippen molar-refractivity contribution in [1.82, 2.24) is 15.0 Å². The fraction of sp³-hybridized carbons (Fsp3) is 0.0385. The van der Waals surface area contributed by atoms with Gasteiger partial charge in [-0.15, -0.1) is 0 Å². The molecule has 0 saturated carbocycles. The van der Waals surface area contributed by atoms with Gasteiger partial charge in [-0.1, -0.05) is 114 Å². The minimum atomic E-state index is 0.0337. The van der Waals surface area contributed by atoms with Crippen LogP contribution in [-0.4, -0.2) is 32.7 Å². The summed E-state index contributed by atoms with van der Waals surface area (Å²) in [4.78, 5) is 26.6. The van der Waals surface area contributed by atoms with E-state index in [2.05, 4.69) is 20.5 Å². The van der Waals surface area contributed by atoms with Gasteiger partial charge in [0.2, 0.25) is 5.13 Å². The number of nitrogens with zero attached hydrogens (tertiary/aromatic N) is 4. The predicted molar refractivity (Wildman–Crippen MR) is 140 cm³/mol. The number of ketones is 1. The molecule has 0 unspecified atom stereocenters. The molecule has 0 radical (unpaired) electrons. The van der Waals surface area contributed by atoms with Gasteiger partial charge in [-0.2, -0.15) is 10.1 Å². The minimum Gasteiger partial charge on any atom is -0.293 e. The van der Waals surface area contributed by atoms with Gasteiger partial charge in [-0.05, 0) is 5.56 Å². The number of Topliss-reactive ketones (excluding diaryl/α,β-unsaturated/α-hetero) is 1. The zero-order valence-corrected chi connectivity index (χ0v) is 19.6. The van der Waals surface area contributed by atoms with Crippen LogP contribution in [0.5, 0.6) is 0 Å². The van der Waals surface area contributed by atoms with Crippen LogP contribution in [0.15, 0.2) is 101 Å². The Hall–Kier alpha value is -3.88. The Kier molecular flexibility index (Phi) is 6.69. The van der Waals surface area contributed by atoms with Gasteiger partial charge in [0.25, 0.3) is 0 Å². The first kappa shape index (κ1) is 21.9. The number of rotatable bonds is 8. The van der Waals surface area contributed by atoms with Gasteiger partial charge >= 0.3 is 0 Å². The van der Waals surface area contributed by atoms with Crippen molar-refractivity contribution in [2.24, 2.45) is 5.10 Å². The summed E-state index contributed by atoms with van der Waals surface area (Å²) in [7, 11) is 0. The highest BCUT2D eigenvalue weighted by atomic mass is 32.2. The number of carbonyl (C=O) groups excluding carboxylic acids is 1. The molecular weight excluding hydrogens is 462 g/mol. The molecule has 0 aliphatic heterocycles. The third-order valence-electron chi connectivity index (χ3n) is 4.88. The van der Waals surface area contributed by atoms with E-state index >= 15 is 0 Å². The first-order chi connectivity index (χ1) is 16.8. The van der Waals surface area contributed by atoms with E-state index in [4.69, 9.17) is 4.98 Å². The standard InChI is InChI=1S/C26H19N5OS2/c32-21(19-12-6-2-7-13-19)17-33-25-28-22(20-14-8-3-9-15-20)23-24(29-25)30-26(34-23)31-27-16-18-10-4-1-5-11-18/h1-16H,17H2,(H,28,29,30,31)/b27-16+. The number of hydrogen-bond acceptors (Lipinski definition) is 8. The molecule has 0 saturated heterocycles. The molecule has 0 aliphatic carbocycles. The smallest absolute Gasteiger partial charge is 0.206 e. The van der Waals surface area contributed by atoms with Gasteiger partial charge in [0.05, 0.1) is 17.7 Å². The van der Waals surface area contributed by atoms with Crippen LogP contribution in [0.1, 0.15) is 15.9 Å². The lowest BCUT2D eigenvalue weighted by Crippen LogP contribution is -2.03. The lowest BCUT2D eigenvalue weighted by molar-refractivity contribution is 0.102. The van der Waals surface area contributed by atoms with Gasteiger partial charge in [0, 0.05) is 11.1 Å². The quantitative estimate of drug-likeness (QED) is 0.0938. The number of carbonyl (C=O) groups is 1. The number of thiazole rings is 1. The Morgan fingerprint density at radius 1 is 0.882 bits per heavy atom. The van der Waals surface area contributed by atoms with Gasteiger partial charge < -0.3 is 0 Å². The predicted octanol–water partition coefficient (Wildman–Crippen LogP) is 6.17. The third kappa shape index (κ3) is 5.19. The average Bonchev–Trinajstić information content (AvgIpc) is 3.31. The highest BCUT2D eigenvalue weighted by Crippen LogP contribution is 2.34. The molecule has 0 bridgehead atoms. The van der Waals surface area contributed by atoms with Crippen LogP contribution in [0.2, 0.25) is 0 Å². The molecule has 0 atom stereocenters. The van der Waals surface area contributed by atoms with Crippen molar-refractivity contribution in [3.05, 3.63) is 102 Å². The van der Waals surface area contributed by atoms with Gasteiger partial charge in [0.1, 0.15) is 4.70 Å². The van der Waals surface area contributed by atoms with Crippen LogP contribution in [0, 0.1) is 0 Å². The molecule has 0 fully saturated rings. The molecule has 2 heterocycles. The van der Waals surface area contributed by atoms with Gasteiger partial charge in [-0.25, -0.2) is 9.97 Å². The molecule has 0 spiro atoms. The number of nitrogens with one attached hydrogen (secondary N) is 1. The summed E-state index contributed by atoms with van der Waals surface area (Å²) in [6.07, 6.45) is 1.74. The lowest BCUT2D eigenvalue weighted by atomic mass is 10.1. The third-order valence-corrected chi connectivity index (χ3v) is 6.69. The summed E-state index contributed by atoms with van der Waals surface area (Å²) in [5.74, 6) is 0.284. The molecule has 3 aromatic carbocycles. The summed E-state index contributed by atoms with van der Waals surface area (Å²) in [6.45, 7) is 0. The Labute approximate surface area is 204 Å². The van der Waals surface area contributed by atoms with E-state index in [1.807, 2.05) is 91.0 Å². The molecule has 2 aromatic heterocycles. The Morgan fingerprint density at radius 2 is 1.56 bits per heavy atom. The second kappa shape index (κ2) is 10.4. The minimum absolute atomic E-state index is 0.0337. The summed E-state index contributed by atoms with van der Waals surface area (Å²) in [6, 6.07) is 29.0. The zero-order valence-electron chi connectivity index (χ0n) is 18.0. The summed E-state index contributed by atoms with van der Waals surface area (Å²) < 4.78 is 0.863. The van der Waals surface area contributed by atoms with Crippen molar-refractivity contribution >= 4 is 50.6 Å². The molecule has 0 amide bonds. The number of hydrogen-bond donors (Lipinski definition) is 1. The van der Waals surface area contributed by atoms with Crippen molar-refractivity contribution in [2.75, 3.05) is 11.2 Å². The largest absolute Gasteiger partial charge is 0.293 e. The highest BCUT2D eigenvalue weighted by molar-refractivity contribution is 7.99. The number of aromatic nitrogens is 3. The van der Waals surface area contributed by atoms with Crippen LogP contribution in [-0.2, 0) is 0 Å². The molecule has 5 rings (SSSR count). The summed E-state index contributed by atoms with van der Waals surface area (Å²) in [5.41, 5.74) is 7.00. The molecule has 1 N–H and O–H groups in total. The van der Waals surface area contributed by atoms with Gasteiger partial charge in [0.15, 0.2) is 16.6 Å². The van der Waals surface area contributed by atoms with Crippen LogP contribution >= 0.6 is 23.1 Å². The van der Waals surface area contributed by atoms with Crippen molar-refractivity contribution in [3.8, 4) is 11.3 Å². The topological polar surface area (TPSA) is 80.1 Å². The lowest BCUT2D eigenvalue weighted by Gasteiger charge is -2.05. The van der Waals surface area contributed by atoms with Crippen molar-refractivity contribution in [1.29, 1.82) is 0 Å². The molecule has 34 heavy (non-hydrogen) atoms. The van der Waals surface area contributed by atoms with Crippen LogP contribution in [0.3, 0.4) is 0 Å². The molecule has 5 aromatic rings. The van der Waals surface area contributed by atoms with E-state index in [9.17, 15) is 4.79 Å². The van der Waals surface area contributed by atoms with E-state index in [1.54, 1.807) is 6.21 Å².